The maximum Gasteiger partial charge on any atom is 0.128 e. The average molecular weight is 275 g/mol. The molecule has 0 bridgehead atoms. The molecule has 0 amide bonds. The third-order valence-corrected chi connectivity index (χ3v) is 4.56. The Balaban J connectivity index is 2.07. The largest absolute Gasteiger partial charge is 0.356 e. The van der Waals surface area contributed by atoms with Gasteiger partial charge in [-0.1, -0.05) is 26.8 Å². The minimum atomic E-state index is 0.177. The van der Waals surface area contributed by atoms with Crippen molar-refractivity contribution >= 4 is 5.82 Å². The highest BCUT2D eigenvalue weighted by Gasteiger charge is 2.24. The maximum atomic E-state index is 4.69. The van der Waals surface area contributed by atoms with Crippen molar-refractivity contribution in [3.8, 4) is 0 Å². The van der Waals surface area contributed by atoms with Crippen LogP contribution in [0, 0.1) is 5.92 Å². The van der Waals surface area contributed by atoms with Crippen LogP contribution in [0.2, 0.25) is 0 Å². The number of pyridine rings is 1. The molecule has 0 saturated carbocycles. The van der Waals surface area contributed by atoms with Gasteiger partial charge in [0, 0.05) is 25.3 Å². The predicted molar refractivity (Wildman–Crippen MR) is 86.4 cm³/mol. The molecule has 1 fully saturated rings. The molecule has 2 rings (SSSR count). The molecule has 1 N–H and O–H groups in total. The quantitative estimate of drug-likeness (QED) is 0.918. The van der Waals surface area contributed by atoms with Crippen molar-refractivity contribution in [3.63, 3.8) is 0 Å². The van der Waals surface area contributed by atoms with Gasteiger partial charge in [-0.05, 0) is 49.8 Å². The van der Waals surface area contributed by atoms with Gasteiger partial charge in [0.15, 0.2) is 0 Å². The monoisotopic (exact) mass is 275 g/mol. The Kier molecular flexibility index (Phi) is 4.69. The van der Waals surface area contributed by atoms with E-state index in [-0.39, 0.29) is 5.41 Å². The second-order valence-corrected chi connectivity index (χ2v) is 7.08. The molecule has 1 aliphatic rings. The molecule has 1 aromatic heterocycles. The molecule has 0 spiro atoms. The molecule has 1 aromatic rings. The number of piperidine rings is 1. The molecule has 1 aliphatic heterocycles. The topological polar surface area (TPSA) is 28.2 Å². The van der Waals surface area contributed by atoms with Gasteiger partial charge < -0.3 is 10.2 Å². The number of rotatable bonds is 3. The highest BCUT2D eigenvalue weighted by molar-refractivity contribution is 5.41. The van der Waals surface area contributed by atoms with Gasteiger partial charge in [-0.25, -0.2) is 4.98 Å². The van der Waals surface area contributed by atoms with E-state index < -0.39 is 0 Å². The van der Waals surface area contributed by atoms with Crippen LogP contribution in [0.4, 0.5) is 5.82 Å². The minimum absolute atomic E-state index is 0.177. The summed E-state index contributed by atoms with van der Waals surface area (Å²) in [6.45, 7) is 11.2. The summed E-state index contributed by atoms with van der Waals surface area (Å²) in [5.41, 5.74) is 1.48. The number of nitrogens with zero attached hydrogens (tertiary/aromatic N) is 2. The van der Waals surface area contributed by atoms with Gasteiger partial charge in [-0.3, -0.25) is 0 Å². The van der Waals surface area contributed by atoms with E-state index >= 15 is 0 Å². The Labute approximate surface area is 123 Å². The second-order valence-electron chi connectivity index (χ2n) is 7.08. The Morgan fingerprint density at radius 2 is 2.10 bits per heavy atom. The minimum Gasteiger partial charge on any atom is -0.356 e. The molecule has 1 saturated heterocycles. The van der Waals surface area contributed by atoms with Crippen LogP contribution in [0.5, 0.6) is 0 Å². The third kappa shape index (κ3) is 3.51. The van der Waals surface area contributed by atoms with Gasteiger partial charge >= 0.3 is 0 Å². The van der Waals surface area contributed by atoms with Crippen LogP contribution < -0.4 is 10.2 Å². The summed E-state index contributed by atoms with van der Waals surface area (Å²) in [7, 11) is 2.06. The Bertz CT molecular complexity index is 419. The van der Waals surface area contributed by atoms with Crippen molar-refractivity contribution in [2.75, 3.05) is 25.0 Å². The predicted octanol–water partition coefficient (Wildman–Crippen LogP) is 3.20. The molecule has 0 aliphatic carbocycles. The lowest BCUT2D eigenvalue weighted by atomic mass is 9.88. The number of anilines is 1. The van der Waals surface area contributed by atoms with Gasteiger partial charge in [0.05, 0.1) is 0 Å². The van der Waals surface area contributed by atoms with E-state index in [1.807, 2.05) is 6.20 Å². The lowest BCUT2D eigenvalue weighted by Crippen LogP contribution is -2.43. The fourth-order valence-corrected chi connectivity index (χ4v) is 2.88. The Morgan fingerprint density at radius 1 is 1.35 bits per heavy atom. The molecule has 20 heavy (non-hydrogen) atoms. The summed E-state index contributed by atoms with van der Waals surface area (Å²) in [5, 5.41) is 3.39. The van der Waals surface area contributed by atoms with E-state index in [0.717, 1.165) is 24.8 Å². The molecular weight excluding hydrogens is 246 g/mol. The molecule has 3 nitrogen and oxygen atoms in total. The van der Waals surface area contributed by atoms with Crippen LogP contribution in [0.1, 0.15) is 46.1 Å². The van der Waals surface area contributed by atoms with E-state index in [0.29, 0.717) is 6.04 Å². The van der Waals surface area contributed by atoms with Crippen LogP contribution in [-0.2, 0) is 5.41 Å². The van der Waals surface area contributed by atoms with Crippen LogP contribution in [-0.4, -0.2) is 31.2 Å². The molecule has 0 radical (unpaired) electrons. The Morgan fingerprint density at radius 3 is 2.65 bits per heavy atom. The standard InChI is InChI=1S/C17H29N3/c1-13(18-5)14-7-6-10-20(12-14)16-9-8-15(11-19-16)17(2,3)4/h8-9,11,13-14,18H,6-7,10,12H2,1-5H3. The summed E-state index contributed by atoms with van der Waals surface area (Å²) in [5.74, 6) is 1.85. The summed E-state index contributed by atoms with van der Waals surface area (Å²) in [4.78, 5) is 7.13. The molecule has 2 heterocycles. The molecule has 0 aromatic carbocycles. The van der Waals surface area contributed by atoms with Crippen LogP contribution >= 0.6 is 0 Å². The first kappa shape index (κ1) is 15.3. The van der Waals surface area contributed by atoms with Gasteiger partial charge in [0.2, 0.25) is 0 Å². The molecule has 3 heteroatoms. The van der Waals surface area contributed by atoms with Crippen molar-refractivity contribution in [1.29, 1.82) is 0 Å². The van der Waals surface area contributed by atoms with Crippen LogP contribution in [0.3, 0.4) is 0 Å². The molecule has 112 valence electrons. The highest BCUT2D eigenvalue weighted by atomic mass is 15.2. The van der Waals surface area contributed by atoms with E-state index in [2.05, 4.69) is 57.1 Å². The van der Waals surface area contributed by atoms with Gasteiger partial charge in [0.1, 0.15) is 5.82 Å². The zero-order chi connectivity index (χ0) is 14.8. The SMILES string of the molecule is CNC(C)C1CCCN(c2ccc(C(C)(C)C)cn2)C1. The molecule has 2 atom stereocenters. The lowest BCUT2D eigenvalue weighted by molar-refractivity contribution is 0.332. The van der Waals surface area contributed by atoms with Crippen LogP contribution in [0.15, 0.2) is 18.3 Å². The normalized spacial score (nSPS) is 21.9. The van der Waals surface area contributed by atoms with E-state index in [1.54, 1.807) is 0 Å². The zero-order valence-corrected chi connectivity index (χ0v) is 13.6. The van der Waals surface area contributed by atoms with Gasteiger partial charge in [0.25, 0.3) is 0 Å². The van der Waals surface area contributed by atoms with E-state index in [1.165, 1.54) is 18.4 Å². The van der Waals surface area contributed by atoms with Gasteiger partial charge in [-0.2, -0.15) is 0 Å². The van der Waals surface area contributed by atoms with Crippen molar-refractivity contribution in [1.82, 2.24) is 10.3 Å². The number of hydrogen-bond donors (Lipinski definition) is 1. The van der Waals surface area contributed by atoms with Gasteiger partial charge in [-0.15, -0.1) is 0 Å². The van der Waals surface area contributed by atoms with Crippen molar-refractivity contribution in [2.45, 2.75) is 52.0 Å². The first-order chi connectivity index (χ1) is 9.41. The van der Waals surface area contributed by atoms with Crippen molar-refractivity contribution in [3.05, 3.63) is 23.9 Å². The number of nitrogens with one attached hydrogen (secondary N) is 1. The summed E-state index contributed by atoms with van der Waals surface area (Å²) < 4.78 is 0. The second kappa shape index (κ2) is 6.13. The maximum absolute atomic E-state index is 4.69. The fraction of sp³-hybridized carbons (Fsp3) is 0.706. The third-order valence-electron chi connectivity index (χ3n) is 4.56. The van der Waals surface area contributed by atoms with Crippen LogP contribution in [0.25, 0.3) is 0 Å². The summed E-state index contributed by atoms with van der Waals surface area (Å²) in [6, 6.07) is 4.99. The summed E-state index contributed by atoms with van der Waals surface area (Å²) >= 11 is 0. The first-order valence-electron chi connectivity index (χ1n) is 7.80. The van der Waals surface area contributed by atoms with Crippen molar-refractivity contribution in [2.24, 2.45) is 5.92 Å². The lowest BCUT2D eigenvalue weighted by Gasteiger charge is -2.36. The summed E-state index contributed by atoms with van der Waals surface area (Å²) in [6.07, 6.45) is 4.62. The van der Waals surface area contributed by atoms with Crippen molar-refractivity contribution < 1.29 is 0 Å². The van der Waals surface area contributed by atoms with E-state index in [4.69, 9.17) is 4.98 Å². The fourth-order valence-electron chi connectivity index (χ4n) is 2.88. The first-order valence-corrected chi connectivity index (χ1v) is 7.80. The van der Waals surface area contributed by atoms with E-state index in [9.17, 15) is 0 Å². The molecular formula is C17H29N3. The highest BCUT2D eigenvalue weighted by Crippen LogP contribution is 2.26. The zero-order valence-electron chi connectivity index (χ0n) is 13.6. The Hall–Kier alpha value is -1.09. The number of hydrogen-bond acceptors (Lipinski definition) is 3. The number of aromatic nitrogens is 1. The molecule has 2 unspecified atom stereocenters. The smallest absolute Gasteiger partial charge is 0.128 e. The average Bonchev–Trinajstić information content (AvgIpc) is 2.46.